The molecule has 0 atom stereocenters. The number of hydrogen-bond donors (Lipinski definition) is 5. The topological polar surface area (TPSA) is 134 Å². The predicted molar refractivity (Wildman–Crippen MR) is 24.9 cm³/mol. The van der Waals surface area contributed by atoms with E-state index >= 15 is 0 Å². The van der Waals surface area contributed by atoms with Crippen LogP contribution in [0.4, 0.5) is 0 Å². The van der Waals surface area contributed by atoms with Gasteiger partial charge in [0.25, 0.3) is 0 Å². The van der Waals surface area contributed by atoms with Gasteiger partial charge in [-0.1, -0.05) is 0 Å². The number of hydrogen-bond acceptors (Lipinski definition) is 5. The van der Waals surface area contributed by atoms with E-state index in [-0.39, 0.29) is 6.15 Å². The second kappa shape index (κ2) is 4.97. The third-order valence-electron chi connectivity index (χ3n) is 0.409. The largest absolute Gasteiger partial charge is 0.344 e. The molecular weight excluding hydrogens is 130 g/mol. The first-order chi connectivity index (χ1) is 3.72. The summed E-state index contributed by atoms with van der Waals surface area (Å²) in [5, 5.41) is 15.3. The number of rotatable bonds is 0. The van der Waals surface area contributed by atoms with Gasteiger partial charge in [0.05, 0.1) is 0 Å². The molecule has 0 aliphatic rings. The molecular formula is C2H7N3O4. The van der Waals surface area contributed by atoms with E-state index in [0.29, 0.717) is 0 Å². The quantitative estimate of drug-likeness (QED) is 0.152. The highest BCUT2D eigenvalue weighted by atomic mass is 16.5. The Morgan fingerprint density at radius 2 is 1.22 bits per heavy atom. The van der Waals surface area contributed by atoms with Crippen molar-refractivity contribution >= 4 is 11.8 Å². The summed E-state index contributed by atoms with van der Waals surface area (Å²) >= 11 is 0. The maximum atomic E-state index is 9.81. The van der Waals surface area contributed by atoms with Crippen LogP contribution < -0.4 is 17.1 Å². The fourth-order valence-corrected chi connectivity index (χ4v) is 0.102. The van der Waals surface area contributed by atoms with Crippen LogP contribution in [0, 0.1) is 0 Å². The average molecular weight is 137 g/mol. The number of hydroxylamine groups is 2. The molecule has 7 heteroatoms. The third-order valence-corrected chi connectivity index (χ3v) is 0.409. The van der Waals surface area contributed by atoms with Gasteiger partial charge in [0.2, 0.25) is 0 Å². The highest BCUT2D eigenvalue weighted by molar-refractivity contribution is 6.34. The van der Waals surface area contributed by atoms with E-state index < -0.39 is 11.8 Å². The van der Waals surface area contributed by atoms with Crippen molar-refractivity contribution in [3.05, 3.63) is 0 Å². The molecule has 0 saturated heterocycles. The molecule has 2 amide bonds. The van der Waals surface area contributed by atoms with Crippen LogP contribution in [0.2, 0.25) is 0 Å². The number of amides is 2. The van der Waals surface area contributed by atoms with Crippen molar-refractivity contribution in [2.45, 2.75) is 0 Å². The van der Waals surface area contributed by atoms with Gasteiger partial charge < -0.3 is 6.15 Å². The molecule has 0 aromatic heterocycles. The monoisotopic (exact) mass is 137 g/mol. The highest BCUT2D eigenvalue weighted by Gasteiger charge is 2.08. The van der Waals surface area contributed by atoms with Gasteiger partial charge in [-0.25, -0.2) is 11.0 Å². The minimum absolute atomic E-state index is 0. The van der Waals surface area contributed by atoms with Gasteiger partial charge >= 0.3 is 11.8 Å². The lowest BCUT2D eigenvalue weighted by Crippen LogP contribution is -2.36. The van der Waals surface area contributed by atoms with Crippen molar-refractivity contribution in [1.82, 2.24) is 17.1 Å². The maximum Gasteiger partial charge on any atom is 0.334 e. The number of carbonyl (C=O) groups is 2. The van der Waals surface area contributed by atoms with Crippen LogP contribution in [-0.2, 0) is 9.59 Å². The number of carbonyl (C=O) groups excluding carboxylic acids is 2. The molecule has 0 fully saturated rings. The fourth-order valence-electron chi connectivity index (χ4n) is 0.102. The Hall–Kier alpha value is -1.18. The van der Waals surface area contributed by atoms with Crippen LogP contribution in [0.1, 0.15) is 0 Å². The van der Waals surface area contributed by atoms with Crippen LogP contribution in [0.3, 0.4) is 0 Å². The molecule has 0 aromatic carbocycles. The van der Waals surface area contributed by atoms with E-state index in [2.05, 4.69) is 0 Å². The molecule has 0 bridgehead atoms. The minimum atomic E-state index is -1.31. The molecule has 0 aliphatic carbocycles. The first-order valence-corrected chi connectivity index (χ1v) is 1.61. The van der Waals surface area contributed by atoms with Gasteiger partial charge in [-0.3, -0.25) is 20.0 Å². The molecule has 0 aliphatic heterocycles. The lowest BCUT2D eigenvalue weighted by Gasteiger charge is -1.91. The van der Waals surface area contributed by atoms with Gasteiger partial charge in [0, 0.05) is 0 Å². The van der Waals surface area contributed by atoms with Gasteiger partial charge in [-0.2, -0.15) is 0 Å². The van der Waals surface area contributed by atoms with Gasteiger partial charge in [-0.15, -0.1) is 0 Å². The van der Waals surface area contributed by atoms with E-state index in [1.54, 1.807) is 0 Å². The van der Waals surface area contributed by atoms with Crippen molar-refractivity contribution in [1.29, 1.82) is 0 Å². The summed E-state index contributed by atoms with van der Waals surface area (Å²) in [4.78, 5) is 19.6. The molecule has 9 heavy (non-hydrogen) atoms. The summed E-state index contributed by atoms with van der Waals surface area (Å²) in [6, 6.07) is 0. The van der Waals surface area contributed by atoms with E-state index in [4.69, 9.17) is 10.4 Å². The Bertz CT molecular complexity index is 98.4. The number of nitrogens with one attached hydrogen (secondary N) is 2. The van der Waals surface area contributed by atoms with Gasteiger partial charge in [0.1, 0.15) is 0 Å². The molecule has 7 nitrogen and oxygen atoms in total. The normalized spacial score (nSPS) is 6.89. The molecule has 7 N–H and O–H groups in total. The first kappa shape index (κ1) is 10.7. The van der Waals surface area contributed by atoms with Crippen molar-refractivity contribution < 1.29 is 20.0 Å². The zero-order valence-electron chi connectivity index (χ0n) is 4.42. The van der Waals surface area contributed by atoms with E-state index in [9.17, 15) is 9.59 Å². The molecule has 0 saturated carbocycles. The summed E-state index contributed by atoms with van der Waals surface area (Å²) in [5.41, 5.74) is 2.01. The second-order valence-corrected chi connectivity index (χ2v) is 0.882. The lowest BCUT2D eigenvalue weighted by atomic mass is 10.6. The second-order valence-electron chi connectivity index (χ2n) is 0.882. The van der Waals surface area contributed by atoms with Gasteiger partial charge in [0.15, 0.2) is 0 Å². The SMILES string of the molecule is N.O=C(NO)C(=O)NO. The minimum Gasteiger partial charge on any atom is -0.344 e. The van der Waals surface area contributed by atoms with Crippen molar-refractivity contribution in [3.8, 4) is 0 Å². The summed E-state index contributed by atoms with van der Waals surface area (Å²) in [6.45, 7) is 0. The molecule has 0 spiro atoms. The first-order valence-electron chi connectivity index (χ1n) is 1.61. The Labute approximate surface area is 50.2 Å². The van der Waals surface area contributed by atoms with E-state index in [0.717, 1.165) is 11.0 Å². The van der Waals surface area contributed by atoms with Crippen molar-refractivity contribution in [3.63, 3.8) is 0 Å². The fraction of sp³-hybridized carbons (Fsp3) is 0. The van der Waals surface area contributed by atoms with Gasteiger partial charge in [-0.05, 0) is 0 Å². The molecule has 54 valence electrons. The lowest BCUT2D eigenvalue weighted by molar-refractivity contribution is -0.148. The van der Waals surface area contributed by atoms with E-state index in [1.807, 2.05) is 0 Å². The van der Waals surface area contributed by atoms with Crippen LogP contribution in [-0.4, -0.2) is 22.2 Å². The summed E-state index contributed by atoms with van der Waals surface area (Å²) in [5.74, 6) is -2.62. The van der Waals surface area contributed by atoms with Crippen molar-refractivity contribution in [2.24, 2.45) is 0 Å². The standard InChI is InChI=1S/C2H4N2O4.H3N/c5-1(3-7)2(6)4-8;/h7-8H,(H,3,5)(H,4,6);1H3. The predicted octanol–water partition coefficient (Wildman–Crippen LogP) is -1.84. The van der Waals surface area contributed by atoms with E-state index in [1.165, 1.54) is 0 Å². The smallest absolute Gasteiger partial charge is 0.334 e. The maximum absolute atomic E-state index is 9.81. The Kier molecular flexibility index (Phi) is 5.93. The molecule has 0 unspecified atom stereocenters. The Morgan fingerprint density at radius 1 is 1.00 bits per heavy atom. The molecule has 0 heterocycles. The Morgan fingerprint density at radius 3 is 1.33 bits per heavy atom. The summed E-state index contributed by atoms with van der Waals surface area (Å²) in [6.07, 6.45) is 0. The Balaban J connectivity index is 0. The van der Waals surface area contributed by atoms with Crippen LogP contribution in [0.15, 0.2) is 0 Å². The summed E-state index contributed by atoms with van der Waals surface area (Å²) < 4.78 is 0. The molecule has 0 radical (unpaired) electrons. The molecule has 0 aromatic rings. The average Bonchev–Trinajstić information content (AvgIpc) is 1.84. The van der Waals surface area contributed by atoms with Crippen LogP contribution >= 0.6 is 0 Å². The zero-order valence-corrected chi connectivity index (χ0v) is 4.42. The zero-order chi connectivity index (χ0) is 6.57. The van der Waals surface area contributed by atoms with Crippen molar-refractivity contribution in [2.75, 3.05) is 0 Å². The van der Waals surface area contributed by atoms with Crippen LogP contribution in [0.5, 0.6) is 0 Å². The molecule has 0 rings (SSSR count). The summed E-state index contributed by atoms with van der Waals surface area (Å²) in [7, 11) is 0. The third kappa shape index (κ3) is 3.41. The highest BCUT2D eigenvalue weighted by Crippen LogP contribution is 1.58. The van der Waals surface area contributed by atoms with Crippen LogP contribution in [0.25, 0.3) is 0 Å².